The zero-order chi connectivity index (χ0) is 16.5. The first-order valence-electron chi connectivity index (χ1n) is 7.89. The highest BCUT2D eigenvalue weighted by atomic mass is 16.5. The van der Waals surface area contributed by atoms with Crippen LogP contribution in [-0.2, 0) is 9.53 Å². The SMILES string of the molecule is CNC(C)(CCCN(CCN(C)C)CC(C)C)C(=O)OC. The lowest BCUT2D eigenvalue weighted by Crippen LogP contribution is -2.48. The van der Waals surface area contributed by atoms with E-state index in [1.807, 2.05) is 14.0 Å². The number of carbonyl (C=O) groups excluding carboxylic acids is 1. The third kappa shape index (κ3) is 8.39. The number of hydrogen-bond donors (Lipinski definition) is 1. The molecule has 0 aliphatic rings. The Hall–Kier alpha value is -0.650. The van der Waals surface area contributed by atoms with Crippen molar-refractivity contribution in [2.24, 2.45) is 5.92 Å². The quantitative estimate of drug-likeness (QED) is 0.585. The summed E-state index contributed by atoms with van der Waals surface area (Å²) in [5, 5.41) is 3.09. The zero-order valence-corrected chi connectivity index (χ0v) is 15.0. The molecule has 21 heavy (non-hydrogen) atoms. The summed E-state index contributed by atoms with van der Waals surface area (Å²) in [7, 11) is 7.46. The van der Waals surface area contributed by atoms with Gasteiger partial charge in [0.25, 0.3) is 0 Å². The summed E-state index contributed by atoms with van der Waals surface area (Å²) in [5.41, 5.74) is -0.584. The summed E-state index contributed by atoms with van der Waals surface area (Å²) >= 11 is 0. The Kier molecular flexibility index (Phi) is 9.83. The van der Waals surface area contributed by atoms with Crippen molar-refractivity contribution in [3.63, 3.8) is 0 Å². The van der Waals surface area contributed by atoms with Crippen molar-refractivity contribution >= 4 is 5.97 Å². The van der Waals surface area contributed by atoms with Crippen molar-refractivity contribution in [3.05, 3.63) is 0 Å². The van der Waals surface area contributed by atoms with Gasteiger partial charge < -0.3 is 19.9 Å². The van der Waals surface area contributed by atoms with Gasteiger partial charge >= 0.3 is 5.97 Å². The normalized spacial score (nSPS) is 14.8. The molecule has 0 fully saturated rings. The molecule has 0 aromatic rings. The molecule has 0 aliphatic heterocycles. The molecule has 0 saturated carbocycles. The molecule has 0 rings (SSSR count). The average Bonchev–Trinajstić information content (AvgIpc) is 2.42. The van der Waals surface area contributed by atoms with Crippen LogP contribution in [0.25, 0.3) is 0 Å². The van der Waals surface area contributed by atoms with E-state index < -0.39 is 5.54 Å². The number of esters is 1. The summed E-state index contributed by atoms with van der Waals surface area (Å²) in [6.45, 7) is 10.6. The Balaban J connectivity index is 4.36. The van der Waals surface area contributed by atoms with Gasteiger partial charge in [-0.3, -0.25) is 4.79 Å². The van der Waals surface area contributed by atoms with Crippen LogP contribution in [0, 0.1) is 5.92 Å². The summed E-state index contributed by atoms with van der Waals surface area (Å²) < 4.78 is 4.89. The Labute approximate surface area is 131 Å². The maximum Gasteiger partial charge on any atom is 0.325 e. The number of methoxy groups -OCH3 is 1. The molecule has 0 aromatic heterocycles. The van der Waals surface area contributed by atoms with Gasteiger partial charge in [0.1, 0.15) is 5.54 Å². The standard InChI is InChI=1S/C16H35N3O2/c1-14(2)13-19(12-11-18(5)6)10-8-9-16(3,17-4)15(20)21-7/h14,17H,8-13H2,1-7H3. The summed E-state index contributed by atoms with van der Waals surface area (Å²) in [6, 6.07) is 0. The summed E-state index contributed by atoms with van der Waals surface area (Å²) in [5.74, 6) is 0.470. The van der Waals surface area contributed by atoms with Gasteiger partial charge in [-0.1, -0.05) is 13.8 Å². The number of likely N-dealkylation sites (N-methyl/N-ethyl adjacent to an activating group) is 2. The van der Waals surface area contributed by atoms with Gasteiger partial charge in [-0.25, -0.2) is 0 Å². The van der Waals surface area contributed by atoms with Crippen LogP contribution in [0.15, 0.2) is 0 Å². The predicted molar refractivity (Wildman–Crippen MR) is 88.5 cm³/mol. The van der Waals surface area contributed by atoms with Crippen LogP contribution >= 0.6 is 0 Å². The van der Waals surface area contributed by atoms with Gasteiger partial charge in [-0.2, -0.15) is 0 Å². The summed E-state index contributed by atoms with van der Waals surface area (Å²) in [6.07, 6.45) is 1.76. The molecule has 0 spiro atoms. The molecule has 0 aromatic carbocycles. The van der Waals surface area contributed by atoms with E-state index in [9.17, 15) is 4.79 Å². The topological polar surface area (TPSA) is 44.8 Å². The molecule has 0 saturated heterocycles. The fraction of sp³-hybridized carbons (Fsp3) is 0.938. The number of carbonyl (C=O) groups is 1. The maximum absolute atomic E-state index is 11.8. The minimum Gasteiger partial charge on any atom is -0.468 e. The number of hydrogen-bond acceptors (Lipinski definition) is 5. The minimum atomic E-state index is -0.584. The van der Waals surface area contributed by atoms with Gasteiger partial charge in [0, 0.05) is 19.6 Å². The fourth-order valence-electron chi connectivity index (χ4n) is 2.36. The lowest BCUT2D eigenvalue weighted by Gasteiger charge is -2.29. The smallest absolute Gasteiger partial charge is 0.325 e. The Morgan fingerprint density at radius 1 is 1.24 bits per heavy atom. The molecular formula is C16H35N3O2. The van der Waals surface area contributed by atoms with E-state index >= 15 is 0 Å². The van der Waals surface area contributed by atoms with E-state index in [1.165, 1.54) is 7.11 Å². The van der Waals surface area contributed by atoms with Crippen molar-refractivity contribution < 1.29 is 9.53 Å². The van der Waals surface area contributed by atoms with Crippen molar-refractivity contribution in [1.82, 2.24) is 15.1 Å². The highest BCUT2D eigenvalue weighted by molar-refractivity contribution is 5.80. The van der Waals surface area contributed by atoms with Crippen LogP contribution in [0.5, 0.6) is 0 Å². The van der Waals surface area contributed by atoms with Crippen molar-refractivity contribution in [3.8, 4) is 0 Å². The van der Waals surface area contributed by atoms with E-state index in [-0.39, 0.29) is 5.97 Å². The molecule has 0 aliphatic carbocycles. The molecule has 0 heterocycles. The van der Waals surface area contributed by atoms with Gasteiger partial charge in [0.05, 0.1) is 7.11 Å². The Bertz CT molecular complexity index is 295. The molecule has 126 valence electrons. The van der Waals surface area contributed by atoms with Crippen LogP contribution in [0.4, 0.5) is 0 Å². The van der Waals surface area contributed by atoms with Crippen LogP contribution in [0.3, 0.4) is 0 Å². The van der Waals surface area contributed by atoms with E-state index in [1.54, 1.807) is 0 Å². The third-order valence-corrected chi connectivity index (χ3v) is 3.83. The van der Waals surface area contributed by atoms with Gasteiger partial charge in [-0.15, -0.1) is 0 Å². The number of rotatable bonds is 11. The minimum absolute atomic E-state index is 0.186. The number of nitrogens with zero attached hydrogens (tertiary/aromatic N) is 2. The van der Waals surface area contributed by atoms with E-state index in [0.29, 0.717) is 5.92 Å². The lowest BCUT2D eigenvalue weighted by atomic mass is 9.96. The van der Waals surface area contributed by atoms with Crippen LogP contribution in [-0.4, -0.2) is 75.7 Å². The predicted octanol–water partition coefficient (Wildman–Crippen LogP) is 1.44. The first-order valence-corrected chi connectivity index (χ1v) is 7.89. The second-order valence-electron chi connectivity index (χ2n) is 6.67. The Morgan fingerprint density at radius 2 is 1.86 bits per heavy atom. The fourth-order valence-corrected chi connectivity index (χ4v) is 2.36. The number of nitrogens with one attached hydrogen (secondary N) is 1. The first-order chi connectivity index (χ1) is 9.75. The molecule has 5 heteroatoms. The van der Waals surface area contributed by atoms with Crippen LogP contribution in [0.2, 0.25) is 0 Å². The van der Waals surface area contributed by atoms with Crippen molar-refractivity contribution in [2.75, 3.05) is 54.4 Å². The van der Waals surface area contributed by atoms with Crippen molar-refractivity contribution in [2.45, 2.75) is 39.2 Å². The molecular weight excluding hydrogens is 266 g/mol. The van der Waals surface area contributed by atoms with Crippen LogP contribution < -0.4 is 5.32 Å². The second kappa shape index (κ2) is 10.1. The van der Waals surface area contributed by atoms with E-state index in [2.05, 4.69) is 43.1 Å². The lowest BCUT2D eigenvalue weighted by molar-refractivity contribution is -0.148. The van der Waals surface area contributed by atoms with Gasteiger partial charge in [-0.05, 0) is 53.4 Å². The van der Waals surface area contributed by atoms with Crippen molar-refractivity contribution in [1.29, 1.82) is 0 Å². The second-order valence-corrected chi connectivity index (χ2v) is 6.67. The molecule has 1 unspecified atom stereocenters. The maximum atomic E-state index is 11.8. The third-order valence-electron chi connectivity index (χ3n) is 3.83. The highest BCUT2D eigenvalue weighted by Crippen LogP contribution is 2.14. The molecule has 0 amide bonds. The largest absolute Gasteiger partial charge is 0.468 e. The van der Waals surface area contributed by atoms with E-state index in [4.69, 9.17) is 4.74 Å². The molecule has 1 N–H and O–H groups in total. The molecule has 0 radical (unpaired) electrons. The van der Waals surface area contributed by atoms with Gasteiger partial charge in [0.15, 0.2) is 0 Å². The summed E-state index contributed by atoms with van der Waals surface area (Å²) in [4.78, 5) is 16.5. The number of ether oxygens (including phenoxy) is 1. The first kappa shape index (κ1) is 20.3. The van der Waals surface area contributed by atoms with Gasteiger partial charge in [0.2, 0.25) is 0 Å². The molecule has 0 bridgehead atoms. The van der Waals surface area contributed by atoms with E-state index in [0.717, 1.165) is 39.0 Å². The molecule has 1 atom stereocenters. The Morgan fingerprint density at radius 3 is 2.29 bits per heavy atom. The average molecular weight is 301 g/mol. The highest BCUT2D eigenvalue weighted by Gasteiger charge is 2.31. The van der Waals surface area contributed by atoms with Crippen LogP contribution in [0.1, 0.15) is 33.6 Å². The monoisotopic (exact) mass is 301 g/mol. The molecule has 5 nitrogen and oxygen atoms in total. The zero-order valence-electron chi connectivity index (χ0n) is 15.0.